The number of ether oxygens (including phenoxy) is 1. The lowest BCUT2D eigenvalue weighted by molar-refractivity contribution is 0.471. The van der Waals surface area contributed by atoms with Crippen LogP contribution in [0.2, 0.25) is 0 Å². The molecule has 0 aliphatic heterocycles. The third-order valence-corrected chi connectivity index (χ3v) is 2.81. The van der Waals surface area contributed by atoms with E-state index in [1.54, 1.807) is 12.3 Å². The number of aryl methyl sites for hydroxylation is 1. The Morgan fingerprint density at radius 2 is 2.12 bits per heavy atom. The van der Waals surface area contributed by atoms with Gasteiger partial charge in [-0.3, -0.25) is 4.98 Å². The van der Waals surface area contributed by atoms with Crippen molar-refractivity contribution in [2.75, 3.05) is 5.73 Å². The minimum atomic E-state index is -0.352. The van der Waals surface area contributed by atoms with E-state index >= 15 is 0 Å². The van der Waals surface area contributed by atoms with Gasteiger partial charge >= 0.3 is 0 Å². The number of nitrogens with zero attached hydrogens (tertiary/aromatic N) is 1. The maximum atomic E-state index is 13.1. The van der Waals surface area contributed by atoms with Crippen molar-refractivity contribution >= 4 is 21.6 Å². The number of nitrogens with two attached hydrogens (primary N) is 1. The lowest BCUT2D eigenvalue weighted by atomic mass is 10.2. The lowest BCUT2D eigenvalue weighted by Crippen LogP contribution is -1.96. The van der Waals surface area contributed by atoms with E-state index in [1.165, 1.54) is 18.3 Å². The summed E-state index contributed by atoms with van der Waals surface area (Å²) in [6, 6.07) is 4.35. The number of pyridine rings is 1. The Bertz CT molecular complexity index is 540. The molecular weight excluding hydrogens is 287 g/mol. The molecule has 0 radical (unpaired) electrons. The highest BCUT2D eigenvalue weighted by atomic mass is 79.9. The molecule has 0 aliphatic carbocycles. The zero-order valence-electron chi connectivity index (χ0n) is 9.08. The average molecular weight is 297 g/mol. The summed E-state index contributed by atoms with van der Waals surface area (Å²) in [7, 11) is 0. The molecule has 0 fully saturated rings. The summed E-state index contributed by atoms with van der Waals surface area (Å²) in [6.07, 6.45) is 3.05. The maximum Gasteiger partial charge on any atom is 0.167 e. The molecule has 2 rings (SSSR count). The highest BCUT2D eigenvalue weighted by Crippen LogP contribution is 2.35. The van der Waals surface area contributed by atoms with Gasteiger partial charge in [-0.1, -0.05) is 6.07 Å². The number of halogens is 2. The minimum absolute atomic E-state index is 0.352. The molecular formula is C12H10BrFN2O. The van der Waals surface area contributed by atoms with Crippen LogP contribution in [0.4, 0.5) is 10.1 Å². The number of benzene rings is 1. The number of anilines is 1. The fraction of sp³-hybridized carbons (Fsp3) is 0.0833. The van der Waals surface area contributed by atoms with Crippen LogP contribution in [0.15, 0.2) is 35.1 Å². The zero-order valence-corrected chi connectivity index (χ0v) is 10.7. The van der Waals surface area contributed by atoms with Crippen LogP contribution >= 0.6 is 15.9 Å². The molecule has 0 atom stereocenters. The SMILES string of the molecule is Cc1ccc(F)cc1Oc1c(N)cncc1Br. The third-order valence-electron chi connectivity index (χ3n) is 2.24. The number of hydrogen-bond donors (Lipinski definition) is 1. The smallest absolute Gasteiger partial charge is 0.167 e. The molecule has 0 bridgehead atoms. The number of nitrogen functional groups attached to an aromatic ring is 1. The van der Waals surface area contributed by atoms with Crippen molar-refractivity contribution in [2.24, 2.45) is 0 Å². The first-order chi connectivity index (χ1) is 8.08. The van der Waals surface area contributed by atoms with E-state index in [0.29, 0.717) is 21.7 Å². The fourth-order valence-corrected chi connectivity index (χ4v) is 1.77. The normalized spacial score (nSPS) is 10.3. The molecule has 0 saturated heterocycles. The molecule has 1 aromatic heterocycles. The van der Waals surface area contributed by atoms with Gasteiger partial charge in [0, 0.05) is 12.3 Å². The lowest BCUT2D eigenvalue weighted by Gasteiger charge is -2.11. The third kappa shape index (κ3) is 2.55. The van der Waals surface area contributed by atoms with Gasteiger partial charge < -0.3 is 10.5 Å². The van der Waals surface area contributed by atoms with Crippen molar-refractivity contribution in [2.45, 2.75) is 6.92 Å². The second-order valence-electron chi connectivity index (χ2n) is 3.55. The highest BCUT2D eigenvalue weighted by molar-refractivity contribution is 9.10. The molecule has 5 heteroatoms. The van der Waals surface area contributed by atoms with Crippen molar-refractivity contribution in [3.8, 4) is 11.5 Å². The van der Waals surface area contributed by atoms with Crippen LogP contribution in [0.1, 0.15) is 5.56 Å². The Labute approximate surface area is 107 Å². The van der Waals surface area contributed by atoms with Gasteiger partial charge in [0.2, 0.25) is 0 Å². The Kier molecular flexibility index (Phi) is 3.28. The standard InChI is InChI=1S/C12H10BrFN2O/c1-7-2-3-8(14)4-11(7)17-12-9(13)5-16-6-10(12)15/h2-6H,15H2,1H3. The molecule has 0 aliphatic rings. The van der Waals surface area contributed by atoms with Crippen LogP contribution in [0.3, 0.4) is 0 Å². The summed E-state index contributed by atoms with van der Waals surface area (Å²) >= 11 is 3.29. The quantitative estimate of drug-likeness (QED) is 0.920. The molecule has 2 aromatic rings. The van der Waals surface area contributed by atoms with Crippen molar-refractivity contribution in [1.29, 1.82) is 0 Å². The van der Waals surface area contributed by atoms with Gasteiger partial charge in [0.1, 0.15) is 11.6 Å². The predicted octanol–water partition coefficient (Wildman–Crippen LogP) is 3.67. The van der Waals surface area contributed by atoms with Gasteiger partial charge in [0.05, 0.1) is 16.4 Å². The zero-order chi connectivity index (χ0) is 12.4. The molecule has 2 N–H and O–H groups in total. The summed E-state index contributed by atoms with van der Waals surface area (Å²) in [5.41, 5.74) is 6.97. The fourth-order valence-electron chi connectivity index (χ4n) is 1.34. The van der Waals surface area contributed by atoms with Crippen molar-refractivity contribution < 1.29 is 9.13 Å². The predicted molar refractivity (Wildman–Crippen MR) is 67.6 cm³/mol. The maximum absolute atomic E-state index is 13.1. The van der Waals surface area contributed by atoms with Crippen molar-refractivity contribution in [3.05, 3.63) is 46.4 Å². The molecule has 0 saturated carbocycles. The van der Waals surface area contributed by atoms with Crippen LogP contribution in [-0.2, 0) is 0 Å². The largest absolute Gasteiger partial charge is 0.453 e. The molecule has 1 aromatic carbocycles. The van der Waals surface area contributed by atoms with Crippen LogP contribution < -0.4 is 10.5 Å². The molecule has 0 unspecified atom stereocenters. The van der Waals surface area contributed by atoms with E-state index in [0.717, 1.165) is 5.56 Å². The van der Waals surface area contributed by atoms with Crippen molar-refractivity contribution in [3.63, 3.8) is 0 Å². The molecule has 0 spiro atoms. The van der Waals surface area contributed by atoms with Gasteiger partial charge in [-0.05, 0) is 34.5 Å². The first-order valence-electron chi connectivity index (χ1n) is 4.91. The number of aromatic nitrogens is 1. The second kappa shape index (κ2) is 4.71. The van der Waals surface area contributed by atoms with Gasteiger partial charge in [0.15, 0.2) is 5.75 Å². The summed E-state index contributed by atoms with van der Waals surface area (Å²) in [5, 5.41) is 0. The first-order valence-corrected chi connectivity index (χ1v) is 5.70. The van der Waals surface area contributed by atoms with Crippen LogP contribution in [0, 0.1) is 12.7 Å². The first kappa shape index (κ1) is 11.9. The van der Waals surface area contributed by atoms with E-state index in [-0.39, 0.29) is 5.82 Å². The van der Waals surface area contributed by atoms with Gasteiger partial charge in [-0.2, -0.15) is 0 Å². The Hall–Kier alpha value is -1.62. The number of hydrogen-bond acceptors (Lipinski definition) is 3. The van der Waals surface area contributed by atoms with E-state index < -0.39 is 0 Å². The Morgan fingerprint density at radius 3 is 2.82 bits per heavy atom. The summed E-state index contributed by atoms with van der Waals surface area (Å²) in [6.45, 7) is 1.83. The Morgan fingerprint density at radius 1 is 1.35 bits per heavy atom. The molecule has 88 valence electrons. The van der Waals surface area contributed by atoms with E-state index in [4.69, 9.17) is 10.5 Å². The average Bonchev–Trinajstić information content (AvgIpc) is 2.28. The molecule has 1 heterocycles. The Balaban J connectivity index is 2.41. The summed E-state index contributed by atoms with van der Waals surface area (Å²) < 4.78 is 19.3. The van der Waals surface area contributed by atoms with Crippen LogP contribution in [0.25, 0.3) is 0 Å². The molecule has 0 amide bonds. The van der Waals surface area contributed by atoms with Crippen molar-refractivity contribution in [1.82, 2.24) is 4.98 Å². The summed E-state index contributed by atoms with van der Waals surface area (Å²) in [4.78, 5) is 3.90. The second-order valence-corrected chi connectivity index (χ2v) is 4.41. The van der Waals surface area contributed by atoms with Gasteiger partial charge in [-0.15, -0.1) is 0 Å². The topological polar surface area (TPSA) is 48.1 Å². The number of rotatable bonds is 2. The van der Waals surface area contributed by atoms with E-state index in [2.05, 4.69) is 20.9 Å². The molecule has 17 heavy (non-hydrogen) atoms. The van der Waals surface area contributed by atoms with E-state index in [9.17, 15) is 4.39 Å². The van der Waals surface area contributed by atoms with Gasteiger partial charge in [-0.25, -0.2) is 4.39 Å². The molecule has 3 nitrogen and oxygen atoms in total. The van der Waals surface area contributed by atoms with Crippen LogP contribution in [-0.4, -0.2) is 4.98 Å². The van der Waals surface area contributed by atoms with Crippen LogP contribution in [0.5, 0.6) is 11.5 Å². The summed E-state index contributed by atoms with van der Waals surface area (Å²) in [5.74, 6) is 0.520. The minimum Gasteiger partial charge on any atom is -0.453 e. The monoisotopic (exact) mass is 296 g/mol. The highest BCUT2D eigenvalue weighted by Gasteiger charge is 2.09. The van der Waals surface area contributed by atoms with Gasteiger partial charge in [0.25, 0.3) is 0 Å². The van der Waals surface area contributed by atoms with E-state index in [1.807, 2.05) is 6.92 Å².